The van der Waals surface area contributed by atoms with Gasteiger partial charge in [0.1, 0.15) is 10.8 Å². The Kier molecular flexibility index (Phi) is 5.71. The van der Waals surface area contributed by atoms with Crippen LogP contribution in [0.1, 0.15) is 16.1 Å². The molecule has 0 unspecified atom stereocenters. The number of carbonyl (C=O) groups is 1. The van der Waals surface area contributed by atoms with Crippen molar-refractivity contribution in [3.8, 4) is 23.2 Å². The minimum atomic E-state index is -0.306. The summed E-state index contributed by atoms with van der Waals surface area (Å²) in [5.74, 6) is 1.58. The standard InChI is InChI=1S/C21H17N5O3S/c1-13-18(21(30-2)26-19(24-13)16-7-4-10-28-16)20(27)25-14-5-3-6-15(11-14)29-17-12-22-8-9-23-17/h3-12H,1-2H3,(H,25,27). The van der Waals surface area contributed by atoms with Crippen LogP contribution in [0.15, 0.2) is 70.7 Å². The van der Waals surface area contributed by atoms with Crippen molar-refractivity contribution in [1.82, 2.24) is 19.9 Å². The minimum absolute atomic E-state index is 0.306. The van der Waals surface area contributed by atoms with Gasteiger partial charge in [-0.25, -0.2) is 15.0 Å². The Bertz CT molecular complexity index is 1170. The maximum atomic E-state index is 13.0. The molecule has 0 bridgehead atoms. The number of hydrogen-bond donors (Lipinski definition) is 1. The van der Waals surface area contributed by atoms with E-state index in [0.29, 0.717) is 45.2 Å². The lowest BCUT2D eigenvalue weighted by atomic mass is 10.2. The van der Waals surface area contributed by atoms with E-state index in [-0.39, 0.29) is 5.91 Å². The molecule has 3 aromatic heterocycles. The van der Waals surface area contributed by atoms with Gasteiger partial charge in [-0.3, -0.25) is 9.78 Å². The van der Waals surface area contributed by atoms with Crippen LogP contribution in [0.4, 0.5) is 5.69 Å². The molecule has 0 saturated carbocycles. The number of aromatic nitrogens is 4. The first kappa shape index (κ1) is 19.6. The van der Waals surface area contributed by atoms with Crippen molar-refractivity contribution < 1.29 is 13.9 Å². The van der Waals surface area contributed by atoms with Crippen molar-refractivity contribution in [1.29, 1.82) is 0 Å². The van der Waals surface area contributed by atoms with Gasteiger partial charge in [0.05, 0.1) is 23.7 Å². The third-order valence-electron chi connectivity index (χ3n) is 4.07. The minimum Gasteiger partial charge on any atom is -0.461 e. The van der Waals surface area contributed by atoms with Crippen molar-refractivity contribution >= 4 is 23.4 Å². The fraction of sp³-hybridized carbons (Fsp3) is 0.0952. The Balaban J connectivity index is 1.57. The average Bonchev–Trinajstić information content (AvgIpc) is 3.29. The van der Waals surface area contributed by atoms with E-state index in [4.69, 9.17) is 9.15 Å². The predicted octanol–water partition coefficient (Wildman–Crippen LogP) is 4.60. The SMILES string of the molecule is CSc1nc(-c2ccco2)nc(C)c1C(=O)Nc1cccc(Oc2cnccn2)c1. The van der Waals surface area contributed by atoms with Crippen LogP contribution >= 0.6 is 11.8 Å². The summed E-state index contributed by atoms with van der Waals surface area (Å²) in [4.78, 5) is 30.0. The number of carbonyl (C=O) groups excluding carboxylic acids is 1. The first-order chi connectivity index (χ1) is 14.6. The molecule has 0 spiro atoms. The molecule has 30 heavy (non-hydrogen) atoms. The van der Waals surface area contributed by atoms with Crippen molar-refractivity contribution in [2.45, 2.75) is 11.9 Å². The number of furan rings is 1. The highest BCUT2D eigenvalue weighted by Crippen LogP contribution is 2.27. The molecule has 1 amide bonds. The zero-order valence-electron chi connectivity index (χ0n) is 16.2. The smallest absolute Gasteiger partial charge is 0.260 e. The molecular weight excluding hydrogens is 402 g/mol. The van der Waals surface area contributed by atoms with Crippen molar-refractivity contribution in [3.05, 3.63) is 72.5 Å². The van der Waals surface area contributed by atoms with E-state index in [9.17, 15) is 4.79 Å². The molecule has 9 heteroatoms. The van der Waals surface area contributed by atoms with Crippen LogP contribution in [0.5, 0.6) is 11.6 Å². The van der Waals surface area contributed by atoms with Crippen molar-refractivity contribution in [3.63, 3.8) is 0 Å². The quantitative estimate of drug-likeness (QED) is 0.357. The van der Waals surface area contributed by atoms with E-state index in [1.807, 2.05) is 6.26 Å². The van der Waals surface area contributed by atoms with E-state index < -0.39 is 0 Å². The summed E-state index contributed by atoms with van der Waals surface area (Å²) >= 11 is 1.37. The Labute approximate surface area is 176 Å². The lowest BCUT2D eigenvalue weighted by Crippen LogP contribution is -2.17. The molecule has 0 radical (unpaired) electrons. The Hall–Kier alpha value is -3.72. The summed E-state index contributed by atoms with van der Waals surface area (Å²) in [6.45, 7) is 1.77. The summed E-state index contributed by atoms with van der Waals surface area (Å²) in [7, 11) is 0. The molecule has 150 valence electrons. The molecule has 0 fully saturated rings. The van der Waals surface area contributed by atoms with E-state index in [1.165, 1.54) is 18.0 Å². The summed E-state index contributed by atoms with van der Waals surface area (Å²) in [6, 6.07) is 10.6. The van der Waals surface area contributed by atoms with E-state index in [1.54, 1.807) is 62.0 Å². The summed E-state index contributed by atoms with van der Waals surface area (Å²) < 4.78 is 11.0. The third kappa shape index (κ3) is 4.31. The molecule has 0 aliphatic carbocycles. The van der Waals surface area contributed by atoms with Crippen LogP contribution in [0, 0.1) is 6.92 Å². The van der Waals surface area contributed by atoms with Gasteiger partial charge in [0.15, 0.2) is 11.6 Å². The highest BCUT2D eigenvalue weighted by molar-refractivity contribution is 7.98. The number of anilines is 1. The van der Waals surface area contributed by atoms with Gasteiger partial charge in [0.2, 0.25) is 5.88 Å². The number of aryl methyl sites for hydroxylation is 1. The van der Waals surface area contributed by atoms with Gasteiger partial charge in [-0.15, -0.1) is 11.8 Å². The fourth-order valence-electron chi connectivity index (χ4n) is 2.76. The molecule has 3 heterocycles. The molecule has 4 rings (SSSR count). The number of ether oxygens (including phenoxy) is 1. The number of nitrogens with one attached hydrogen (secondary N) is 1. The van der Waals surface area contributed by atoms with E-state index >= 15 is 0 Å². The van der Waals surface area contributed by atoms with Crippen LogP contribution in [-0.2, 0) is 0 Å². The highest BCUT2D eigenvalue weighted by Gasteiger charge is 2.20. The number of hydrogen-bond acceptors (Lipinski definition) is 8. The van der Waals surface area contributed by atoms with Gasteiger partial charge in [0, 0.05) is 24.1 Å². The largest absolute Gasteiger partial charge is 0.461 e. The van der Waals surface area contributed by atoms with Crippen molar-refractivity contribution in [2.24, 2.45) is 0 Å². The van der Waals surface area contributed by atoms with Crippen LogP contribution < -0.4 is 10.1 Å². The maximum absolute atomic E-state index is 13.0. The third-order valence-corrected chi connectivity index (χ3v) is 4.75. The first-order valence-corrected chi connectivity index (χ1v) is 10.2. The molecule has 8 nitrogen and oxygen atoms in total. The molecule has 0 atom stereocenters. The second-order valence-corrected chi connectivity index (χ2v) is 6.92. The van der Waals surface area contributed by atoms with Crippen LogP contribution in [0.2, 0.25) is 0 Å². The number of nitrogens with zero attached hydrogens (tertiary/aromatic N) is 4. The lowest BCUT2D eigenvalue weighted by Gasteiger charge is -2.12. The van der Waals surface area contributed by atoms with Crippen LogP contribution in [0.3, 0.4) is 0 Å². The number of rotatable bonds is 6. The van der Waals surface area contributed by atoms with Crippen LogP contribution in [-0.4, -0.2) is 32.1 Å². The molecule has 1 aromatic carbocycles. The predicted molar refractivity (Wildman–Crippen MR) is 113 cm³/mol. The lowest BCUT2D eigenvalue weighted by molar-refractivity contribution is 0.102. The zero-order chi connectivity index (χ0) is 20.9. The highest BCUT2D eigenvalue weighted by atomic mass is 32.2. The number of benzene rings is 1. The fourth-order valence-corrected chi connectivity index (χ4v) is 3.38. The Morgan fingerprint density at radius 1 is 1.17 bits per heavy atom. The molecular formula is C21H17N5O3S. The number of amides is 1. The topological polar surface area (TPSA) is 103 Å². The van der Waals surface area contributed by atoms with Gasteiger partial charge >= 0.3 is 0 Å². The molecule has 0 aliphatic rings. The average molecular weight is 419 g/mol. The zero-order valence-corrected chi connectivity index (χ0v) is 17.0. The Morgan fingerprint density at radius 2 is 2.07 bits per heavy atom. The maximum Gasteiger partial charge on any atom is 0.260 e. The normalized spacial score (nSPS) is 10.6. The monoisotopic (exact) mass is 419 g/mol. The van der Waals surface area contributed by atoms with Gasteiger partial charge in [-0.2, -0.15) is 0 Å². The van der Waals surface area contributed by atoms with Gasteiger partial charge < -0.3 is 14.5 Å². The van der Waals surface area contributed by atoms with Gasteiger partial charge in [0.25, 0.3) is 5.91 Å². The molecule has 0 aliphatic heterocycles. The van der Waals surface area contributed by atoms with E-state index in [2.05, 4.69) is 25.3 Å². The molecule has 4 aromatic rings. The van der Waals surface area contributed by atoms with Gasteiger partial charge in [-0.1, -0.05) is 6.07 Å². The van der Waals surface area contributed by atoms with Gasteiger partial charge in [-0.05, 0) is 37.4 Å². The van der Waals surface area contributed by atoms with Crippen molar-refractivity contribution in [2.75, 3.05) is 11.6 Å². The van der Waals surface area contributed by atoms with E-state index in [0.717, 1.165) is 0 Å². The summed E-state index contributed by atoms with van der Waals surface area (Å²) in [5.41, 5.74) is 1.55. The summed E-state index contributed by atoms with van der Waals surface area (Å²) in [5, 5.41) is 3.45. The molecule has 1 N–H and O–H groups in total. The second-order valence-electron chi connectivity index (χ2n) is 6.12. The summed E-state index contributed by atoms with van der Waals surface area (Å²) in [6.07, 6.45) is 8.04. The first-order valence-electron chi connectivity index (χ1n) is 8.96. The second kappa shape index (κ2) is 8.75. The molecule has 0 saturated heterocycles. The number of thioether (sulfide) groups is 1. The Morgan fingerprint density at radius 3 is 2.80 bits per heavy atom. The van der Waals surface area contributed by atoms with Crippen LogP contribution in [0.25, 0.3) is 11.6 Å².